The van der Waals surface area contributed by atoms with Gasteiger partial charge in [0.05, 0.1) is 15.9 Å². The molecule has 0 unspecified atom stereocenters. The molecule has 0 amide bonds. The quantitative estimate of drug-likeness (QED) is 0.700. The maximum absolute atomic E-state index is 12.0. The molecule has 5 heteroatoms. The molecule has 2 aromatic carbocycles. The van der Waals surface area contributed by atoms with Crippen molar-refractivity contribution in [3.8, 4) is 0 Å². The highest BCUT2D eigenvalue weighted by Crippen LogP contribution is 2.12. The molecule has 118 valence electrons. The van der Waals surface area contributed by atoms with Gasteiger partial charge < -0.3 is 4.98 Å². The Morgan fingerprint density at radius 3 is 2.70 bits per heavy atom. The largest absolute Gasteiger partial charge is 0.319 e. The summed E-state index contributed by atoms with van der Waals surface area (Å²) < 4.78 is 1.42. The maximum Gasteiger partial charge on any atom is 0.286 e. The molecule has 1 aromatic heterocycles. The molecule has 0 radical (unpaired) electrons. The van der Waals surface area contributed by atoms with E-state index < -0.39 is 0 Å². The topological polar surface area (TPSA) is 57.2 Å². The Kier molecular flexibility index (Phi) is 4.88. The van der Waals surface area contributed by atoms with Crippen LogP contribution in [0.15, 0.2) is 58.4 Å². The molecule has 3 aromatic rings. The predicted octanol–water partition coefficient (Wildman–Crippen LogP) is 3.86. The molecular weight excluding hydrogens is 306 g/mol. The molecule has 1 heterocycles. The van der Waals surface area contributed by atoms with Crippen LogP contribution in [-0.2, 0) is 6.42 Å². The first-order valence-electron chi connectivity index (χ1n) is 7.77. The van der Waals surface area contributed by atoms with Gasteiger partial charge in [-0.15, -0.1) is 11.3 Å². The maximum atomic E-state index is 12.0. The Bertz CT molecular complexity index is 910. The number of benzene rings is 2. The Morgan fingerprint density at radius 2 is 1.91 bits per heavy atom. The van der Waals surface area contributed by atoms with Gasteiger partial charge in [-0.1, -0.05) is 37.6 Å². The minimum absolute atomic E-state index is 0.180. The summed E-state index contributed by atoms with van der Waals surface area (Å²) >= 11 is 1.37. The van der Waals surface area contributed by atoms with Crippen molar-refractivity contribution in [3.05, 3.63) is 69.1 Å². The van der Waals surface area contributed by atoms with Gasteiger partial charge in [0, 0.05) is 0 Å². The van der Waals surface area contributed by atoms with Crippen molar-refractivity contribution in [2.75, 3.05) is 5.43 Å². The van der Waals surface area contributed by atoms with Crippen LogP contribution >= 0.6 is 11.3 Å². The fourth-order valence-corrected chi connectivity index (χ4v) is 3.12. The van der Waals surface area contributed by atoms with Crippen LogP contribution < -0.4 is 15.7 Å². The van der Waals surface area contributed by atoms with E-state index in [9.17, 15) is 4.79 Å². The van der Waals surface area contributed by atoms with Crippen molar-refractivity contribution in [3.63, 3.8) is 0 Å². The Hall–Kier alpha value is -2.40. The normalized spacial score (nSPS) is 11.8. The number of anilines is 1. The van der Waals surface area contributed by atoms with Crippen molar-refractivity contribution in [1.82, 2.24) is 4.98 Å². The second-order valence-corrected chi connectivity index (χ2v) is 6.41. The average Bonchev–Trinajstić information content (AvgIpc) is 2.59. The molecule has 0 saturated carbocycles. The first kappa shape index (κ1) is 15.5. The monoisotopic (exact) mass is 325 g/mol. The first-order chi connectivity index (χ1) is 11.3. The van der Waals surface area contributed by atoms with E-state index in [0.29, 0.717) is 4.67 Å². The lowest BCUT2D eigenvalue weighted by molar-refractivity contribution is 0.795. The van der Waals surface area contributed by atoms with E-state index in [2.05, 4.69) is 34.6 Å². The summed E-state index contributed by atoms with van der Waals surface area (Å²) in [5.41, 5.74) is 5.82. The molecule has 0 aliphatic carbocycles. The second kappa shape index (κ2) is 7.24. The average molecular weight is 325 g/mol. The number of para-hydroxylation sites is 1. The Morgan fingerprint density at radius 1 is 1.13 bits per heavy atom. The van der Waals surface area contributed by atoms with Crippen LogP contribution in [0, 0.1) is 0 Å². The molecule has 0 saturated heterocycles. The molecule has 2 N–H and O–H groups in total. The van der Waals surface area contributed by atoms with E-state index in [4.69, 9.17) is 0 Å². The van der Waals surface area contributed by atoms with Crippen molar-refractivity contribution in [1.29, 1.82) is 0 Å². The highest BCUT2D eigenvalue weighted by Gasteiger charge is 1.98. The van der Waals surface area contributed by atoms with Crippen LogP contribution in [0.3, 0.4) is 0 Å². The third-order valence-electron chi connectivity index (χ3n) is 3.60. The van der Waals surface area contributed by atoms with Crippen molar-refractivity contribution >= 4 is 27.2 Å². The fraction of sp³-hybridized carbons (Fsp3) is 0.222. The van der Waals surface area contributed by atoms with Gasteiger partial charge in [-0.2, -0.15) is 5.10 Å². The molecular formula is C18H19N3OS. The SMILES string of the molecule is CCCCc1ccc(N/N=c2/sc3ccccc3[nH]c2=O)cc1. The summed E-state index contributed by atoms with van der Waals surface area (Å²) in [7, 11) is 0. The standard InChI is InChI=1S/C18H19N3OS/c1-2-3-6-13-9-11-14(12-10-13)20-21-18-17(22)19-15-7-4-5-8-16(15)23-18/h4-5,7-12,20H,2-3,6H2,1H3,(H,19,22)/b21-18+. The van der Waals surface area contributed by atoms with E-state index in [1.54, 1.807) is 0 Å². The number of rotatable bonds is 5. The zero-order valence-electron chi connectivity index (χ0n) is 13.0. The molecule has 4 nitrogen and oxygen atoms in total. The number of H-pyrrole nitrogens is 1. The highest BCUT2D eigenvalue weighted by molar-refractivity contribution is 7.16. The zero-order valence-corrected chi connectivity index (χ0v) is 13.8. The molecule has 0 aliphatic rings. The fourth-order valence-electron chi connectivity index (χ4n) is 2.30. The van der Waals surface area contributed by atoms with Crippen LogP contribution in [0.1, 0.15) is 25.3 Å². The van der Waals surface area contributed by atoms with Crippen LogP contribution in [0.5, 0.6) is 0 Å². The Labute approximate surface area is 138 Å². The van der Waals surface area contributed by atoms with Crippen LogP contribution in [0.25, 0.3) is 10.2 Å². The number of aromatic amines is 1. The van der Waals surface area contributed by atoms with Crippen LogP contribution in [0.4, 0.5) is 5.69 Å². The minimum Gasteiger partial charge on any atom is -0.319 e. The number of unbranched alkanes of at least 4 members (excludes halogenated alkanes) is 1. The van der Waals surface area contributed by atoms with Gasteiger partial charge in [-0.3, -0.25) is 10.2 Å². The van der Waals surface area contributed by atoms with E-state index in [-0.39, 0.29) is 5.56 Å². The van der Waals surface area contributed by atoms with Crippen molar-refractivity contribution < 1.29 is 0 Å². The van der Waals surface area contributed by atoms with Gasteiger partial charge in [0.1, 0.15) is 0 Å². The summed E-state index contributed by atoms with van der Waals surface area (Å²) in [5, 5.41) is 4.24. The number of nitrogens with one attached hydrogen (secondary N) is 2. The van der Waals surface area contributed by atoms with Gasteiger partial charge in [0.25, 0.3) is 5.56 Å². The Balaban J connectivity index is 1.82. The lowest BCUT2D eigenvalue weighted by Gasteiger charge is -2.03. The number of hydrogen-bond donors (Lipinski definition) is 2. The third-order valence-corrected chi connectivity index (χ3v) is 4.64. The smallest absolute Gasteiger partial charge is 0.286 e. The lowest BCUT2D eigenvalue weighted by atomic mass is 10.1. The predicted molar refractivity (Wildman–Crippen MR) is 96.7 cm³/mol. The number of hydrogen-bond acceptors (Lipinski definition) is 4. The van der Waals surface area contributed by atoms with Gasteiger partial charge in [0.15, 0.2) is 0 Å². The van der Waals surface area contributed by atoms with Crippen LogP contribution in [0.2, 0.25) is 0 Å². The molecule has 23 heavy (non-hydrogen) atoms. The van der Waals surface area contributed by atoms with E-state index in [0.717, 1.165) is 22.3 Å². The summed E-state index contributed by atoms with van der Waals surface area (Å²) in [6.07, 6.45) is 3.49. The molecule has 0 aliphatic heterocycles. The van der Waals surface area contributed by atoms with E-state index in [1.807, 2.05) is 36.4 Å². The van der Waals surface area contributed by atoms with Crippen LogP contribution in [-0.4, -0.2) is 4.98 Å². The summed E-state index contributed by atoms with van der Waals surface area (Å²) in [6.45, 7) is 2.19. The molecule has 0 spiro atoms. The van der Waals surface area contributed by atoms with E-state index >= 15 is 0 Å². The third kappa shape index (κ3) is 3.87. The molecule has 0 atom stereocenters. The van der Waals surface area contributed by atoms with Gasteiger partial charge in [-0.05, 0) is 42.7 Å². The highest BCUT2D eigenvalue weighted by atomic mass is 32.1. The van der Waals surface area contributed by atoms with Gasteiger partial charge in [-0.25, -0.2) is 0 Å². The molecule has 3 rings (SSSR count). The molecule has 0 bridgehead atoms. The molecule has 0 fully saturated rings. The summed E-state index contributed by atoms with van der Waals surface area (Å²) in [5.74, 6) is 0. The first-order valence-corrected chi connectivity index (χ1v) is 8.59. The number of aromatic nitrogens is 1. The number of aryl methyl sites for hydroxylation is 1. The summed E-state index contributed by atoms with van der Waals surface area (Å²) in [4.78, 5) is 14.9. The van der Waals surface area contributed by atoms with Crippen molar-refractivity contribution in [2.45, 2.75) is 26.2 Å². The second-order valence-electron chi connectivity index (χ2n) is 5.38. The van der Waals surface area contributed by atoms with Gasteiger partial charge in [0.2, 0.25) is 4.67 Å². The zero-order chi connectivity index (χ0) is 16.1. The van der Waals surface area contributed by atoms with Gasteiger partial charge >= 0.3 is 0 Å². The number of nitrogens with zero attached hydrogens (tertiary/aromatic N) is 1. The van der Waals surface area contributed by atoms with E-state index in [1.165, 1.54) is 29.7 Å². The summed E-state index contributed by atoms with van der Waals surface area (Å²) in [6, 6.07) is 15.9. The lowest BCUT2D eigenvalue weighted by Crippen LogP contribution is -2.25. The number of fused-ring (bicyclic) bond motifs is 1. The van der Waals surface area contributed by atoms with Crippen molar-refractivity contribution in [2.24, 2.45) is 5.10 Å². The minimum atomic E-state index is -0.180.